The number of rotatable bonds is 4. The zero-order valence-electron chi connectivity index (χ0n) is 7.55. The first-order valence-electron chi connectivity index (χ1n) is 4.64. The van der Waals surface area contributed by atoms with Crippen molar-refractivity contribution in [2.45, 2.75) is 26.2 Å². The zero-order valence-corrected chi connectivity index (χ0v) is 9.14. The smallest absolute Gasteiger partial charge is 0.225 e. The van der Waals surface area contributed by atoms with E-state index in [1.165, 1.54) is 6.42 Å². The fourth-order valence-corrected chi connectivity index (χ4v) is 1.87. The van der Waals surface area contributed by atoms with Gasteiger partial charge in [0.2, 0.25) is 5.91 Å². The van der Waals surface area contributed by atoms with Gasteiger partial charge in [-0.25, -0.2) is 0 Å². The molecule has 0 aromatic rings. The van der Waals surface area contributed by atoms with Gasteiger partial charge in [0.05, 0.1) is 0 Å². The predicted molar refractivity (Wildman–Crippen MR) is 53.4 cm³/mol. The highest BCUT2D eigenvalue weighted by molar-refractivity contribution is 9.09. The lowest BCUT2D eigenvalue weighted by atomic mass is 9.84. The van der Waals surface area contributed by atoms with E-state index in [4.69, 9.17) is 0 Å². The second kappa shape index (κ2) is 4.85. The van der Waals surface area contributed by atoms with Gasteiger partial charge < -0.3 is 4.90 Å². The van der Waals surface area contributed by atoms with Gasteiger partial charge in [-0.2, -0.15) is 0 Å². The van der Waals surface area contributed by atoms with E-state index < -0.39 is 0 Å². The number of carbonyl (C=O) groups is 1. The summed E-state index contributed by atoms with van der Waals surface area (Å²) in [4.78, 5) is 13.6. The first-order valence-corrected chi connectivity index (χ1v) is 5.76. The number of hydrogen-bond donors (Lipinski definition) is 0. The highest BCUT2D eigenvalue weighted by atomic mass is 79.9. The summed E-state index contributed by atoms with van der Waals surface area (Å²) in [6, 6.07) is 0. The quantitative estimate of drug-likeness (QED) is 0.681. The van der Waals surface area contributed by atoms with Crippen LogP contribution in [-0.4, -0.2) is 29.2 Å². The Kier molecular flexibility index (Phi) is 4.06. The third-order valence-corrected chi connectivity index (χ3v) is 2.86. The molecule has 70 valence electrons. The van der Waals surface area contributed by atoms with Gasteiger partial charge in [0.25, 0.3) is 0 Å². The third kappa shape index (κ3) is 2.22. The van der Waals surface area contributed by atoms with Crippen LogP contribution in [0.3, 0.4) is 0 Å². The molecule has 0 aromatic heterocycles. The molecule has 1 rings (SSSR count). The van der Waals surface area contributed by atoms with Gasteiger partial charge in [0.1, 0.15) is 0 Å². The van der Waals surface area contributed by atoms with E-state index in [1.807, 2.05) is 11.8 Å². The second-order valence-corrected chi connectivity index (χ2v) is 4.03. The minimum Gasteiger partial charge on any atom is -0.342 e. The molecule has 0 radical (unpaired) electrons. The van der Waals surface area contributed by atoms with Crippen molar-refractivity contribution in [3.63, 3.8) is 0 Å². The number of nitrogens with zero attached hydrogens (tertiary/aromatic N) is 1. The van der Waals surface area contributed by atoms with Crippen LogP contribution in [0.5, 0.6) is 0 Å². The Morgan fingerprint density at radius 2 is 2.25 bits per heavy atom. The molecule has 0 saturated heterocycles. The van der Waals surface area contributed by atoms with E-state index in [0.29, 0.717) is 11.8 Å². The Bertz CT molecular complexity index is 157. The van der Waals surface area contributed by atoms with Crippen molar-refractivity contribution in [3.8, 4) is 0 Å². The summed E-state index contributed by atoms with van der Waals surface area (Å²) in [5.41, 5.74) is 0. The Balaban J connectivity index is 2.35. The molecule has 1 amide bonds. The van der Waals surface area contributed by atoms with Crippen molar-refractivity contribution in [1.82, 2.24) is 4.90 Å². The van der Waals surface area contributed by atoms with E-state index in [9.17, 15) is 4.79 Å². The van der Waals surface area contributed by atoms with Gasteiger partial charge in [-0.1, -0.05) is 22.4 Å². The molecule has 0 bridgehead atoms. The normalized spacial score (nSPS) is 17.2. The molecule has 12 heavy (non-hydrogen) atoms. The fourth-order valence-electron chi connectivity index (χ4n) is 1.44. The van der Waals surface area contributed by atoms with E-state index in [-0.39, 0.29) is 0 Å². The SMILES string of the molecule is CCN(CCBr)C(=O)C1CCC1. The van der Waals surface area contributed by atoms with Crippen LogP contribution in [-0.2, 0) is 4.79 Å². The standard InChI is InChI=1S/C9H16BrNO/c1-2-11(7-6-10)9(12)8-4-3-5-8/h8H,2-7H2,1H3. The molecule has 3 heteroatoms. The Hall–Kier alpha value is -0.0500. The Morgan fingerprint density at radius 1 is 1.58 bits per heavy atom. The molecule has 0 unspecified atom stereocenters. The van der Waals surface area contributed by atoms with Crippen molar-refractivity contribution < 1.29 is 4.79 Å². The average Bonchev–Trinajstić information content (AvgIpc) is 1.96. The van der Waals surface area contributed by atoms with Crippen LogP contribution in [0.15, 0.2) is 0 Å². The van der Waals surface area contributed by atoms with Gasteiger partial charge in [-0.3, -0.25) is 4.79 Å². The van der Waals surface area contributed by atoms with E-state index >= 15 is 0 Å². The molecule has 0 heterocycles. The third-order valence-electron chi connectivity index (χ3n) is 2.50. The molecule has 1 saturated carbocycles. The van der Waals surface area contributed by atoms with Crippen LogP contribution in [0.25, 0.3) is 0 Å². The van der Waals surface area contributed by atoms with Crippen LogP contribution in [0.4, 0.5) is 0 Å². The molecule has 0 aliphatic heterocycles. The number of alkyl halides is 1. The zero-order chi connectivity index (χ0) is 8.97. The second-order valence-electron chi connectivity index (χ2n) is 3.23. The van der Waals surface area contributed by atoms with Gasteiger partial charge in [-0.05, 0) is 19.8 Å². The van der Waals surface area contributed by atoms with Crippen LogP contribution in [0.1, 0.15) is 26.2 Å². The van der Waals surface area contributed by atoms with Gasteiger partial charge in [0.15, 0.2) is 0 Å². The van der Waals surface area contributed by atoms with Crippen LogP contribution in [0.2, 0.25) is 0 Å². The van der Waals surface area contributed by atoms with Crippen LogP contribution < -0.4 is 0 Å². The molecule has 1 aliphatic carbocycles. The van der Waals surface area contributed by atoms with E-state index in [1.54, 1.807) is 0 Å². The van der Waals surface area contributed by atoms with Crippen molar-refractivity contribution in [2.75, 3.05) is 18.4 Å². The maximum absolute atomic E-state index is 11.7. The lowest BCUT2D eigenvalue weighted by molar-refractivity contribution is -0.137. The topological polar surface area (TPSA) is 20.3 Å². The molecule has 0 spiro atoms. The first kappa shape index (κ1) is 10.0. The van der Waals surface area contributed by atoms with Crippen molar-refractivity contribution in [3.05, 3.63) is 0 Å². The molecule has 1 aliphatic rings. The molecular formula is C9H16BrNO. The Morgan fingerprint density at radius 3 is 2.58 bits per heavy atom. The maximum Gasteiger partial charge on any atom is 0.225 e. The predicted octanol–water partition coefficient (Wildman–Crippen LogP) is 2.03. The van der Waals surface area contributed by atoms with E-state index in [0.717, 1.165) is 31.3 Å². The van der Waals surface area contributed by atoms with Crippen LogP contribution >= 0.6 is 15.9 Å². The van der Waals surface area contributed by atoms with Crippen LogP contribution in [0, 0.1) is 5.92 Å². The Labute approximate surface area is 82.4 Å². The molecule has 0 aromatic carbocycles. The maximum atomic E-state index is 11.7. The summed E-state index contributed by atoms with van der Waals surface area (Å²) in [6.07, 6.45) is 3.46. The number of amides is 1. The summed E-state index contributed by atoms with van der Waals surface area (Å²) in [5.74, 6) is 0.715. The largest absolute Gasteiger partial charge is 0.342 e. The number of hydrogen-bond acceptors (Lipinski definition) is 1. The van der Waals surface area contributed by atoms with Gasteiger partial charge in [-0.15, -0.1) is 0 Å². The van der Waals surface area contributed by atoms with Crippen molar-refractivity contribution in [1.29, 1.82) is 0 Å². The minimum absolute atomic E-state index is 0.351. The van der Waals surface area contributed by atoms with Crippen molar-refractivity contribution >= 4 is 21.8 Å². The molecular weight excluding hydrogens is 218 g/mol. The highest BCUT2D eigenvalue weighted by Gasteiger charge is 2.28. The molecule has 2 nitrogen and oxygen atoms in total. The highest BCUT2D eigenvalue weighted by Crippen LogP contribution is 2.28. The van der Waals surface area contributed by atoms with Gasteiger partial charge in [0, 0.05) is 24.3 Å². The summed E-state index contributed by atoms with van der Waals surface area (Å²) in [5, 5.41) is 0.888. The monoisotopic (exact) mass is 233 g/mol. The summed E-state index contributed by atoms with van der Waals surface area (Å²) >= 11 is 3.35. The molecule has 0 atom stereocenters. The molecule has 0 N–H and O–H groups in total. The summed E-state index contributed by atoms with van der Waals surface area (Å²) in [6.45, 7) is 3.74. The first-order chi connectivity index (χ1) is 5.79. The summed E-state index contributed by atoms with van der Waals surface area (Å²) < 4.78 is 0. The lowest BCUT2D eigenvalue weighted by Gasteiger charge is -2.30. The number of carbonyl (C=O) groups excluding carboxylic acids is 1. The van der Waals surface area contributed by atoms with E-state index in [2.05, 4.69) is 15.9 Å². The van der Waals surface area contributed by atoms with Crippen molar-refractivity contribution in [2.24, 2.45) is 5.92 Å². The molecule has 1 fully saturated rings. The van der Waals surface area contributed by atoms with Gasteiger partial charge >= 0.3 is 0 Å². The average molecular weight is 234 g/mol. The minimum atomic E-state index is 0.351. The fraction of sp³-hybridized carbons (Fsp3) is 0.889. The lowest BCUT2D eigenvalue weighted by Crippen LogP contribution is -2.39. The number of halogens is 1. The summed E-state index contributed by atoms with van der Waals surface area (Å²) in [7, 11) is 0.